The fraction of sp³-hybridized carbons (Fsp3) is 1.00. The average Bonchev–Trinajstić information content (AvgIpc) is 2.38. The van der Waals surface area contributed by atoms with E-state index >= 15 is 0 Å². The van der Waals surface area contributed by atoms with Crippen LogP contribution < -0.4 is 5.32 Å². The van der Waals surface area contributed by atoms with Crippen molar-refractivity contribution >= 4 is 10.2 Å². The molecule has 1 aliphatic rings. The number of nitrogens with zero attached hydrogens (tertiary/aromatic N) is 2. The maximum Gasteiger partial charge on any atom is 0.281 e. The van der Waals surface area contributed by atoms with Crippen molar-refractivity contribution in [2.75, 3.05) is 46.4 Å². The van der Waals surface area contributed by atoms with E-state index in [9.17, 15) is 8.42 Å². The number of nitrogens with one attached hydrogen (secondary N) is 1. The molecular weight excluding hydrogens is 266 g/mol. The van der Waals surface area contributed by atoms with Gasteiger partial charge in [-0.3, -0.25) is 0 Å². The van der Waals surface area contributed by atoms with Crippen LogP contribution in [0.3, 0.4) is 0 Å². The van der Waals surface area contributed by atoms with Crippen LogP contribution in [0.25, 0.3) is 0 Å². The van der Waals surface area contributed by atoms with Crippen LogP contribution >= 0.6 is 0 Å². The summed E-state index contributed by atoms with van der Waals surface area (Å²) in [6.07, 6.45) is 1.90. The second-order valence-corrected chi connectivity index (χ2v) is 7.01. The lowest BCUT2D eigenvalue weighted by Gasteiger charge is -2.33. The van der Waals surface area contributed by atoms with Gasteiger partial charge < -0.3 is 10.1 Å². The van der Waals surface area contributed by atoms with Crippen LogP contribution in [0.1, 0.15) is 26.7 Å². The van der Waals surface area contributed by atoms with E-state index in [1.165, 1.54) is 8.61 Å². The zero-order valence-electron chi connectivity index (χ0n) is 12.3. The lowest BCUT2D eigenvalue weighted by Crippen LogP contribution is -2.50. The zero-order valence-corrected chi connectivity index (χ0v) is 13.1. The first-order valence-corrected chi connectivity index (χ1v) is 8.42. The third-order valence-corrected chi connectivity index (χ3v) is 5.13. The van der Waals surface area contributed by atoms with E-state index in [4.69, 9.17) is 4.74 Å². The van der Waals surface area contributed by atoms with Gasteiger partial charge in [-0.05, 0) is 32.9 Å². The van der Waals surface area contributed by atoms with E-state index in [0.29, 0.717) is 26.2 Å². The van der Waals surface area contributed by atoms with Crippen molar-refractivity contribution in [3.05, 3.63) is 0 Å². The highest BCUT2D eigenvalue weighted by molar-refractivity contribution is 7.86. The molecule has 1 atom stereocenters. The molecular formula is C12H27N3O3S. The number of hydrogen-bond acceptors (Lipinski definition) is 4. The maximum atomic E-state index is 12.3. The molecule has 1 saturated heterocycles. The Morgan fingerprint density at radius 2 is 2.16 bits per heavy atom. The summed E-state index contributed by atoms with van der Waals surface area (Å²) in [5.41, 5.74) is 0. The van der Waals surface area contributed by atoms with Gasteiger partial charge in [-0.1, -0.05) is 6.92 Å². The summed E-state index contributed by atoms with van der Waals surface area (Å²) >= 11 is 0. The smallest absolute Gasteiger partial charge is 0.281 e. The predicted octanol–water partition coefficient (Wildman–Crippen LogP) is 0.273. The van der Waals surface area contributed by atoms with Crippen LogP contribution in [-0.2, 0) is 14.9 Å². The number of rotatable bonds is 8. The number of ether oxygens (including phenoxy) is 1. The van der Waals surface area contributed by atoms with Crippen molar-refractivity contribution in [1.82, 2.24) is 13.9 Å². The van der Waals surface area contributed by atoms with Gasteiger partial charge in [0.2, 0.25) is 0 Å². The van der Waals surface area contributed by atoms with Gasteiger partial charge in [0.15, 0.2) is 0 Å². The van der Waals surface area contributed by atoms with Crippen molar-refractivity contribution < 1.29 is 13.2 Å². The normalized spacial score (nSPS) is 22.0. The molecule has 1 fully saturated rings. The molecule has 0 radical (unpaired) electrons. The highest BCUT2D eigenvalue weighted by atomic mass is 32.2. The molecule has 1 aliphatic heterocycles. The van der Waals surface area contributed by atoms with Crippen molar-refractivity contribution in [3.8, 4) is 0 Å². The molecule has 0 bridgehead atoms. The third-order valence-electron chi connectivity index (χ3n) is 3.18. The molecule has 1 unspecified atom stereocenters. The third kappa shape index (κ3) is 5.35. The van der Waals surface area contributed by atoms with Gasteiger partial charge in [-0.2, -0.15) is 17.0 Å². The lowest BCUT2D eigenvalue weighted by atomic mass is 10.3. The van der Waals surface area contributed by atoms with Crippen molar-refractivity contribution in [3.63, 3.8) is 0 Å². The molecule has 0 aromatic carbocycles. The monoisotopic (exact) mass is 293 g/mol. The van der Waals surface area contributed by atoms with Crippen LogP contribution in [-0.4, -0.2) is 69.5 Å². The van der Waals surface area contributed by atoms with Gasteiger partial charge in [0.25, 0.3) is 10.2 Å². The quantitative estimate of drug-likeness (QED) is 0.653. The van der Waals surface area contributed by atoms with Crippen molar-refractivity contribution in [1.29, 1.82) is 0 Å². The van der Waals surface area contributed by atoms with Crippen LogP contribution in [0.15, 0.2) is 0 Å². The second-order valence-electron chi connectivity index (χ2n) is 4.97. The Morgan fingerprint density at radius 3 is 2.79 bits per heavy atom. The molecule has 0 aliphatic carbocycles. The summed E-state index contributed by atoms with van der Waals surface area (Å²) in [6.45, 7) is 7.77. The van der Waals surface area contributed by atoms with Gasteiger partial charge in [0.05, 0.1) is 12.7 Å². The summed E-state index contributed by atoms with van der Waals surface area (Å²) in [4.78, 5) is 0. The van der Waals surface area contributed by atoms with Crippen molar-refractivity contribution in [2.45, 2.75) is 32.8 Å². The molecule has 1 N–H and O–H groups in total. The molecule has 7 heteroatoms. The van der Waals surface area contributed by atoms with Crippen molar-refractivity contribution in [2.24, 2.45) is 0 Å². The molecule has 114 valence electrons. The van der Waals surface area contributed by atoms with Gasteiger partial charge in [0.1, 0.15) is 0 Å². The number of hydrogen-bond donors (Lipinski definition) is 1. The van der Waals surface area contributed by atoms with Crippen LogP contribution in [0.2, 0.25) is 0 Å². The van der Waals surface area contributed by atoms with Gasteiger partial charge in [-0.15, -0.1) is 0 Å². The molecule has 6 nitrogen and oxygen atoms in total. The van der Waals surface area contributed by atoms with Gasteiger partial charge in [-0.25, -0.2) is 0 Å². The lowest BCUT2D eigenvalue weighted by molar-refractivity contribution is 0.00853. The topological polar surface area (TPSA) is 61.9 Å². The van der Waals surface area contributed by atoms with E-state index in [1.807, 2.05) is 6.92 Å². The SMILES string of the molecule is CCCNCCCN(C)S(=O)(=O)N1CCOC(C)C1. The summed E-state index contributed by atoms with van der Waals surface area (Å²) in [5.74, 6) is 0. The standard InChI is InChI=1S/C12H27N3O3S/c1-4-6-13-7-5-8-14(3)19(16,17)15-9-10-18-12(2)11-15/h12-13H,4-11H2,1-3H3. The fourth-order valence-corrected chi connectivity index (χ4v) is 3.49. The van der Waals surface area contributed by atoms with Crippen LogP contribution in [0, 0.1) is 0 Å². The molecule has 1 heterocycles. The Morgan fingerprint density at radius 1 is 1.42 bits per heavy atom. The molecule has 0 saturated carbocycles. The van der Waals surface area contributed by atoms with E-state index in [1.54, 1.807) is 7.05 Å². The minimum Gasteiger partial charge on any atom is -0.376 e. The minimum absolute atomic E-state index is 0.0249. The summed E-state index contributed by atoms with van der Waals surface area (Å²) in [6, 6.07) is 0. The second kappa shape index (κ2) is 8.16. The minimum atomic E-state index is -3.33. The Kier molecular flexibility index (Phi) is 7.23. The Labute approximate surface area is 117 Å². The first kappa shape index (κ1) is 16.8. The first-order valence-electron chi connectivity index (χ1n) is 7.02. The summed E-state index contributed by atoms with van der Waals surface area (Å²) < 4.78 is 33.0. The Hall–Kier alpha value is -0.210. The average molecular weight is 293 g/mol. The molecule has 0 aromatic heterocycles. The van der Waals surface area contributed by atoms with E-state index in [0.717, 1.165) is 25.9 Å². The fourth-order valence-electron chi connectivity index (χ4n) is 2.04. The molecule has 1 rings (SSSR count). The van der Waals surface area contributed by atoms with Crippen LogP contribution in [0.4, 0.5) is 0 Å². The first-order chi connectivity index (χ1) is 8.98. The highest BCUT2D eigenvalue weighted by Gasteiger charge is 2.30. The molecule has 0 aromatic rings. The Bertz CT molecular complexity index is 348. The predicted molar refractivity (Wildman–Crippen MR) is 76.3 cm³/mol. The zero-order chi connectivity index (χ0) is 14.3. The molecule has 0 spiro atoms. The molecule has 0 amide bonds. The number of morpholine rings is 1. The van der Waals surface area contributed by atoms with Gasteiger partial charge in [0, 0.05) is 26.7 Å². The molecule has 19 heavy (non-hydrogen) atoms. The van der Waals surface area contributed by atoms with E-state index in [2.05, 4.69) is 12.2 Å². The largest absolute Gasteiger partial charge is 0.376 e. The van der Waals surface area contributed by atoms with Gasteiger partial charge >= 0.3 is 0 Å². The van der Waals surface area contributed by atoms with E-state index < -0.39 is 10.2 Å². The summed E-state index contributed by atoms with van der Waals surface area (Å²) in [5, 5.41) is 3.27. The summed E-state index contributed by atoms with van der Waals surface area (Å²) in [7, 11) is -1.68. The van der Waals surface area contributed by atoms with E-state index in [-0.39, 0.29) is 6.10 Å². The van der Waals surface area contributed by atoms with Crippen LogP contribution in [0.5, 0.6) is 0 Å². The Balaban J connectivity index is 2.38. The highest BCUT2D eigenvalue weighted by Crippen LogP contribution is 2.12. The maximum absolute atomic E-state index is 12.3.